The topological polar surface area (TPSA) is 68.4 Å². The monoisotopic (exact) mass is 452 g/mol. The summed E-state index contributed by atoms with van der Waals surface area (Å²) in [6, 6.07) is 12.9. The zero-order valence-corrected chi connectivity index (χ0v) is 19.3. The Morgan fingerprint density at radius 2 is 1.91 bits per heavy atom. The third kappa shape index (κ3) is 5.14. The Morgan fingerprint density at radius 1 is 1.16 bits per heavy atom. The minimum absolute atomic E-state index is 0.167. The summed E-state index contributed by atoms with van der Waals surface area (Å²) >= 11 is 6.24. The molecular formula is C25H29ClN4O2. The van der Waals surface area contributed by atoms with Crippen molar-refractivity contribution in [3.05, 3.63) is 74.5 Å². The third-order valence-electron chi connectivity index (χ3n) is 6.04. The van der Waals surface area contributed by atoms with Crippen LogP contribution in [0.15, 0.2) is 47.3 Å². The van der Waals surface area contributed by atoms with Gasteiger partial charge in [0.15, 0.2) is 0 Å². The standard InChI is InChI=1S/C25H29ClN4O2/c1-17-13-18(2)20-15-19(24(31)27-23(20)14-17)16-30(12-11-29-9-5-6-10-29)25(32)28-22-8-4-3-7-21(22)26/h3-4,7-8,13-15H,5-6,9-12,16H2,1-2H3,(H,27,31)(H,28,32). The van der Waals surface area contributed by atoms with Gasteiger partial charge in [0.25, 0.3) is 5.56 Å². The normalized spacial score (nSPS) is 14.1. The van der Waals surface area contributed by atoms with Crippen LogP contribution in [-0.2, 0) is 6.54 Å². The maximum atomic E-state index is 13.2. The van der Waals surface area contributed by atoms with Crippen molar-refractivity contribution in [2.24, 2.45) is 0 Å². The summed E-state index contributed by atoms with van der Waals surface area (Å²) < 4.78 is 0. The number of fused-ring (bicyclic) bond motifs is 1. The van der Waals surface area contributed by atoms with Crippen LogP contribution in [0.4, 0.5) is 10.5 Å². The number of amides is 2. The van der Waals surface area contributed by atoms with Crippen LogP contribution in [0.25, 0.3) is 10.9 Å². The number of carbonyl (C=O) groups excluding carboxylic acids is 1. The quantitative estimate of drug-likeness (QED) is 0.557. The molecule has 2 aromatic carbocycles. The number of halogens is 1. The molecule has 3 aromatic rings. The number of aryl methyl sites for hydroxylation is 2. The molecule has 32 heavy (non-hydrogen) atoms. The van der Waals surface area contributed by atoms with Gasteiger partial charge in [-0.05, 0) is 75.2 Å². The molecule has 0 radical (unpaired) electrons. The minimum Gasteiger partial charge on any atom is -0.322 e. The fraction of sp³-hybridized carbons (Fsp3) is 0.360. The summed E-state index contributed by atoms with van der Waals surface area (Å²) in [5.41, 5.74) is 3.98. The fourth-order valence-corrected chi connectivity index (χ4v) is 4.50. The molecule has 2 amide bonds. The van der Waals surface area contributed by atoms with E-state index in [4.69, 9.17) is 11.6 Å². The van der Waals surface area contributed by atoms with Gasteiger partial charge in [0.05, 0.1) is 17.3 Å². The molecule has 0 unspecified atom stereocenters. The van der Waals surface area contributed by atoms with E-state index >= 15 is 0 Å². The lowest BCUT2D eigenvalue weighted by molar-refractivity contribution is 0.197. The summed E-state index contributed by atoms with van der Waals surface area (Å²) in [7, 11) is 0. The van der Waals surface area contributed by atoms with Crippen LogP contribution in [0.5, 0.6) is 0 Å². The number of hydrogen-bond acceptors (Lipinski definition) is 3. The second-order valence-corrected chi connectivity index (χ2v) is 8.95. The molecule has 2 N–H and O–H groups in total. The first-order valence-electron chi connectivity index (χ1n) is 11.1. The second-order valence-electron chi connectivity index (χ2n) is 8.55. The van der Waals surface area contributed by atoms with Gasteiger partial charge in [-0.25, -0.2) is 4.79 Å². The van der Waals surface area contributed by atoms with Gasteiger partial charge in [-0.15, -0.1) is 0 Å². The molecule has 6 nitrogen and oxygen atoms in total. The first kappa shape index (κ1) is 22.4. The summed E-state index contributed by atoms with van der Waals surface area (Å²) in [5, 5.41) is 4.38. The first-order valence-corrected chi connectivity index (χ1v) is 11.4. The Bertz CT molecular complexity index is 1180. The highest BCUT2D eigenvalue weighted by Gasteiger charge is 2.20. The number of anilines is 1. The highest BCUT2D eigenvalue weighted by atomic mass is 35.5. The van der Waals surface area contributed by atoms with Crippen molar-refractivity contribution in [1.29, 1.82) is 0 Å². The van der Waals surface area contributed by atoms with Crippen LogP contribution in [0.2, 0.25) is 5.02 Å². The zero-order chi connectivity index (χ0) is 22.7. The Labute approximate surface area is 193 Å². The summed E-state index contributed by atoms with van der Waals surface area (Å²) in [6.45, 7) is 7.68. The smallest absolute Gasteiger partial charge is 0.322 e. The molecule has 1 fully saturated rings. The number of urea groups is 1. The molecule has 7 heteroatoms. The molecule has 1 aliphatic heterocycles. The summed E-state index contributed by atoms with van der Waals surface area (Å²) in [6.07, 6.45) is 2.38. The zero-order valence-electron chi connectivity index (χ0n) is 18.6. The van der Waals surface area contributed by atoms with Gasteiger partial charge >= 0.3 is 6.03 Å². The van der Waals surface area contributed by atoms with Crippen LogP contribution in [0.3, 0.4) is 0 Å². The lowest BCUT2D eigenvalue weighted by Crippen LogP contribution is -2.41. The largest absolute Gasteiger partial charge is 0.322 e. The van der Waals surface area contributed by atoms with E-state index in [0.29, 0.717) is 22.8 Å². The van der Waals surface area contributed by atoms with Gasteiger partial charge in [0.2, 0.25) is 0 Å². The molecule has 0 atom stereocenters. The van der Waals surface area contributed by atoms with E-state index in [1.54, 1.807) is 17.0 Å². The number of para-hydroxylation sites is 1. The Kier molecular flexibility index (Phi) is 6.82. The number of pyridine rings is 1. The Hall–Kier alpha value is -2.83. The molecule has 1 aromatic heterocycles. The van der Waals surface area contributed by atoms with Crippen molar-refractivity contribution in [1.82, 2.24) is 14.8 Å². The number of nitrogens with one attached hydrogen (secondary N) is 2. The van der Waals surface area contributed by atoms with Crippen LogP contribution < -0.4 is 10.9 Å². The molecule has 0 bridgehead atoms. The van der Waals surface area contributed by atoms with Crippen molar-refractivity contribution >= 4 is 34.2 Å². The highest BCUT2D eigenvalue weighted by Crippen LogP contribution is 2.22. The number of rotatable bonds is 6. The predicted molar refractivity (Wildman–Crippen MR) is 131 cm³/mol. The van der Waals surface area contributed by atoms with E-state index in [1.807, 2.05) is 38.1 Å². The predicted octanol–water partition coefficient (Wildman–Crippen LogP) is 4.93. The van der Waals surface area contributed by atoms with Crippen LogP contribution in [0.1, 0.15) is 29.5 Å². The maximum Gasteiger partial charge on any atom is 0.322 e. The van der Waals surface area contributed by atoms with Crippen molar-refractivity contribution in [2.75, 3.05) is 31.5 Å². The van der Waals surface area contributed by atoms with E-state index in [1.165, 1.54) is 12.8 Å². The number of benzene rings is 2. The van der Waals surface area contributed by atoms with E-state index in [-0.39, 0.29) is 18.1 Å². The van der Waals surface area contributed by atoms with Gasteiger partial charge in [0, 0.05) is 29.6 Å². The summed E-state index contributed by atoms with van der Waals surface area (Å²) in [4.78, 5) is 33.1. The number of aromatic nitrogens is 1. The van der Waals surface area contributed by atoms with Gasteiger partial charge in [0.1, 0.15) is 0 Å². The molecule has 0 spiro atoms. The number of nitrogens with zero attached hydrogens (tertiary/aromatic N) is 2. The molecule has 0 aliphatic carbocycles. The minimum atomic E-state index is -0.266. The maximum absolute atomic E-state index is 13.2. The number of aromatic amines is 1. The van der Waals surface area contributed by atoms with Gasteiger partial charge in [-0.2, -0.15) is 0 Å². The van der Waals surface area contributed by atoms with E-state index in [0.717, 1.165) is 41.7 Å². The molecule has 168 valence electrons. The average molecular weight is 453 g/mol. The molecule has 1 aliphatic rings. The molecule has 2 heterocycles. The number of hydrogen-bond donors (Lipinski definition) is 2. The number of H-pyrrole nitrogens is 1. The molecule has 1 saturated heterocycles. The first-order chi connectivity index (χ1) is 15.4. The van der Waals surface area contributed by atoms with E-state index in [9.17, 15) is 9.59 Å². The van der Waals surface area contributed by atoms with Gasteiger partial charge < -0.3 is 20.1 Å². The SMILES string of the molecule is Cc1cc(C)c2cc(CN(CCN3CCCC3)C(=O)Nc3ccccc3Cl)c(=O)[nH]c2c1. The van der Waals surface area contributed by atoms with Crippen LogP contribution in [-0.4, -0.2) is 47.0 Å². The van der Waals surface area contributed by atoms with Gasteiger partial charge in [-0.1, -0.05) is 29.8 Å². The van der Waals surface area contributed by atoms with E-state index < -0.39 is 0 Å². The Balaban J connectivity index is 1.60. The number of likely N-dealkylation sites (tertiary alicyclic amines) is 1. The number of carbonyl (C=O) groups is 1. The Morgan fingerprint density at radius 3 is 2.66 bits per heavy atom. The highest BCUT2D eigenvalue weighted by molar-refractivity contribution is 6.33. The van der Waals surface area contributed by atoms with Crippen LogP contribution in [0, 0.1) is 13.8 Å². The molecule has 0 saturated carbocycles. The average Bonchev–Trinajstić information content (AvgIpc) is 3.27. The third-order valence-corrected chi connectivity index (χ3v) is 6.37. The van der Waals surface area contributed by atoms with Crippen LogP contribution >= 0.6 is 11.6 Å². The van der Waals surface area contributed by atoms with E-state index in [2.05, 4.69) is 21.3 Å². The fourth-order valence-electron chi connectivity index (χ4n) is 4.32. The van der Waals surface area contributed by atoms with Crippen molar-refractivity contribution in [3.63, 3.8) is 0 Å². The molecular weight excluding hydrogens is 424 g/mol. The second kappa shape index (κ2) is 9.76. The van der Waals surface area contributed by atoms with Crippen molar-refractivity contribution in [3.8, 4) is 0 Å². The lowest BCUT2D eigenvalue weighted by atomic mass is 10.0. The van der Waals surface area contributed by atoms with Gasteiger partial charge in [-0.3, -0.25) is 4.79 Å². The molecule has 4 rings (SSSR count). The van der Waals surface area contributed by atoms with Crippen molar-refractivity contribution < 1.29 is 4.79 Å². The summed E-state index contributed by atoms with van der Waals surface area (Å²) in [5.74, 6) is 0. The van der Waals surface area contributed by atoms with Crippen molar-refractivity contribution in [2.45, 2.75) is 33.2 Å². The lowest BCUT2D eigenvalue weighted by Gasteiger charge is -2.26.